The fraction of sp³-hybridized carbons (Fsp3) is 0.238. The number of benzene rings is 1. The quantitative estimate of drug-likeness (QED) is 0.594. The zero-order valence-electron chi connectivity index (χ0n) is 16.4. The van der Waals surface area contributed by atoms with Gasteiger partial charge in [-0.2, -0.15) is 10.2 Å². The number of aryl methyl sites for hydroxylation is 4. The van der Waals surface area contributed by atoms with Gasteiger partial charge < -0.3 is 5.32 Å². The lowest BCUT2D eigenvalue weighted by Gasteiger charge is -2.07. The van der Waals surface area contributed by atoms with Gasteiger partial charge in [0.25, 0.3) is 5.91 Å². The van der Waals surface area contributed by atoms with Gasteiger partial charge in [-0.3, -0.25) is 14.2 Å². The summed E-state index contributed by atoms with van der Waals surface area (Å²) in [6.45, 7) is 6.49. The van der Waals surface area contributed by atoms with E-state index in [0.29, 0.717) is 23.6 Å². The van der Waals surface area contributed by atoms with Gasteiger partial charge in [0.1, 0.15) is 0 Å². The summed E-state index contributed by atoms with van der Waals surface area (Å²) in [4.78, 5) is 17.4. The number of rotatable bonds is 4. The van der Waals surface area contributed by atoms with E-state index in [1.165, 1.54) is 11.1 Å². The molecule has 1 aromatic carbocycles. The summed E-state index contributed by atoms with van der Waals surface area (Å²) in [7, 11) is 1.83. The van der Waals surface area contributed by atoms with Crippen LogP contribution in [-0.4, -0.2) is 30.5 Å². The number of anilines is 1. The molecule has 3 heterocycles. The topological polar surface area (TPSA) is 77.6 Å². The summed E-state index contributed by atoms with van der Waals surface area (Å²) in [6.07, 6.45) is 1.87. The Morgan fingerprint density at radius 2 is 1.89 bits per heavy atom. The van der Waals surface area contributed by atoms with Gasteiger partial charge in [-0.15, -0.1) is 0 Å². The Bertz CT molecular complexity index is 1190. The van der Waals surface area contributed by atoms with Crippen molar-refractivity contribution in [3.05, 3.63) is 70.7 Å². The SMILES string of the molecule is Cc1cc(C(=O)Nc2ccn(Cc3ccccc3C)n2)c2c(C)nn(C)c2n1. The molecule has 0 unspecified atom stereocenters. The highest BCUT2D eigenvalue weighted by atomic mass is 16.1. The third kappa shape index (κ3) is 3.26. The fourth-order valence-electron chi connectivity index (χ4n) is 3.41. The van der Waals surface area contributed by atoms with E-state index in [2.05, 4.69) is 39.6 Å². The maximum atomic E-state index is 12.9. The van der Waals surface area contributed by atoms with Crippen LogP contribution in [0.2, 0.25) is 0 Å². The molecule has 0 aliphatic carbocycles. The third-order valence-corrected chi connectivity index (χ3v) is 4.82. The predicted molar refractivity (Wildman–Crippen MR) is 108 cm³/mol. The Morgan fingerprint density at radius 3 is 2.68 bits per heavy atom. The first-order valence-corrected chi connectivity index (χ1v) is 9.12. The van der Waals surface area contributed by atoms with Crippen LogP contribution in [0.15, 0.2) is 42.6 Å². The Hall–Kier alpha value is -3.48. The van der Waals surface area contributed by atoms with Crippen LogP contribution in [0.25, 0.3) is 11.0 Å². The summed E-state index contributed by atoms with van der Waals surface area (Å²) < 4.78 is 3.52. The molecule has 28 heavy (non-hydrogen) atoms. The van der Waals surface area contributed by atoms with Crippen molar-refractivity contribution in [1.29, 1.82) is 0 Å². The summed E-state index contributed by atoms with van der Waals surface area (Å²) in [5.41, 5.74) is 5.21. The van der Waals surface area contributed by atoms with E-state index in [9.17, 15) is 4.79 Å². The number of hydrogen-bond acceptors (Lipinski definition) is 4. The van der Waals surface area contributed by atoms with Crippen LogP contribution >= 0.6 is 0 Å². The van der Waals surface area contributed by atoms with Crippen molar-refractivity contribution < 1.29 is 4.79 Å². The summed E-state index contributed by atoms with van der Waals surface area (Å²) in [5, 5.41) is 12.6. The molecule has 3 aromatic heterocycles. The maximum absolute atomic E-state index is 12.9. The van der Waals surface area contributed by atoms with Crippen molar-refractivity contribution in [2.75, 3.05) is 5.32 Å². The fourth-order valence-corrected chi connectivity index (χ4v) is 3.41. The second-order valence-electron chi connectivity index (χ2n) is 7.00. The van der Waals surface area contributed by atoms with Gasteiger partial charge in [-0.05, 0) is 38.0 Å². The number of aromatic nitrogens is 5. The van der Waals surface area contributed by atoms with E-state index in [1.54, 1.807) is 16.8 Å². The van der Waals surface area contributed by atoms with Crippen LogP contribution in [0.1, 0.15) is 32.9 Å². The maximum Gasteiger partial charge on any atom is 0.257 e. The van der Waals surface area contributed by atoms with Crippen molar-refractivity contribution in [3.63, 3.8) is 0 Å². The standard InChI is InChI=1S/C21H22N6O/c1-13-7-5-6-8-16(13)12-27-10-9-18(25-27)23-21(28)17-11-14(2)22-20-19(17)15(3)24-26(20)4/h5-11H,12H2,1-4H3,(H,23,25,28). The molecule has 0 saturated heterocycles. The molecule has 142 valence electrons. The number of carbonyl (C=O) groups is 1. The van der Waals surface area contributed by atoms with E-state index in [4.69, 9.17) is 0 Å². The molecule has 4 rings (SSSR count). The Balaban J connectivity index is 1.59. The summed E-state index contributed by atoms with van der Waals surface area (Å²) in [6, 6.07) is 11.8. The van der Waals surface area contributed by atoms with Gasteiger partial charge in [-0.25, -0.2) is 4.98 Å². The highest BCUT2D eigenvalue weighted by Gasteiger charge is 2.18. The second kappa shape index (κ2) is 6.92. The molecule has 0 bridgehead atoms. The monoisotopic (exact) mass is 374 g/mol. The average Bonchev–Trinajstić information content (AvgIpc) is 3.20. The molecule has 0 atom stereocenters. The largest absolute Gasteiger partial charge is 0.305 e. The molecular formula is C21H22N6O. The number of nitrogens with one attached hydrogen (secondary N) is 1. The first kappa shape index (κ1) is 17.9. The lowest BCUT2D eigenvalue weighted by Crippen LogP contribution is -2.14. The van der Waals surface area contributed by atoms with Crippen molar-refractivity contribution in [2.45, 2.75) is 27.3 Å². The minimum atomic E-state index is -0.215. The average molecular weight is 374 g/mol. The van der Waals surface area contributed by atoms with E-state index in [-0.39, 0.29) is 5.91 Å². The molecule has 0 aliphatic heterocycles. The van der Waals surface area contributed by atoms with E-state index in [1.807, 2.05) is 43.9 Å². The Morgan fingerprint density at radius 1 is 1.11 bits per heavy atom. The molecule has 1 amide bonds. The van der Waals surface area contributed by atoms with Gasteiger partial charge in [0.15, 0.2) is 11.5 Å². The van der Waals surface area contributed by atoms with Crippen LogP contribution in [0.3, 0.4) is 0 Å². The molecule has 1 N–H and O–H groups in total. The highest BCUT2D eigenvalue weighted by Crippen LogP contribution is 2.22. The number of fused-ring (bicyclic) bond motifs is 1. The number of hydrogen-bond donors (Lipinski definition) is 1. The molecule has 7 nitrogen and oxygen atoms in total. The third-order valence-electron chi connectivity index (χ3n) is 4.82. The first-order valence-electron chi connectivity index (χ1n) is 9.12. The molecule has 0 radical (unpaired) electrons. The van der Waals surface area contributed by atoms with Crippen molar-refractivity contribution >= 4 is 22.8 Å². The number of nitrogens with zero attached hydrogens (tertiary/aromatic N) is 5. The molecule has 4 aromatic rings. The van der Waals surface area contributed by atoms with Gasteiger partial charge in [0.2, 0.25) is 0 Å². The number of amides is 1. The molecule has 7 heteroatoms. The molecule has 0 saturated carbocycles. The van der Waals surface area contributed by atoms with Crippen molar-refractivity contribution in [2.24, 2.45) is 7.05 Å². The van der Waals surface area contributed by atoms with Crippen LogP contribution in [0.5, 0.6) is 0 Å². The Kier molecular flexibility index (Phi) is 4.43. The van der Waals surface area contributed by atoms with E-state index < -0.39 is 0 Å². The zero-order valence-corrected chi connectivity index (χ0v) is 16.4. The molecular weight excluding hydrogens is 352 g/mol. The first-order chi connectivity index (χ1) is 13.4. The smallest absolute Gasteiger partial charge is 0.257 e. The summed E-state index contributed by atoms with van der Waals surface area (Å²) >= 11 is 0. The minimum Gasteiger partial charge on any atom is -0.305 e. The normalized spacial score (nSPS) is 11.1. The van der Waals surface area contributed by atoms with Crippen LogP contribution in [0.4, 0.5) is 5.82 Å². The molecule has 0 aliphatic rings. The van der Waals surface area contributed by atoms with Crippen molar-refractivity contribution in [1.82, 2.24) is 24.5 Å². The highest BCUT2D eigenvalue weighted by molar-refractivity contribution is 6.12. The predicted octanol–water partition coefficient (Wildman–Crippen LogP) is 3.39. The van der Waals surface area contributed by atoms with E-state index >= 15 is 0 Å². The van der Waals surface area contributed by atoms with Crippen molar-refractivity contribution in [3.8, 4) is 0 Å². The van der Waals surface area contributed by atoms with Gasteiger partial charge >= 0.3 is 0 Å². The zero-order chi connectivity index (χ0) is 19.8. The number of pyridine rings is 1. The van der Waals surface area contributed by atoms with Gasteiger partial charge in [-0.1, -0.05) is 24.3 Å². The summed E-state index contributed by atoms with van der Waals surface area (Å²) in [5.74, 6) is 0.301. The molecule has 0 spiro atoms. The van der Waals surface area contributed by atoms with Crippen LogP contribution in [-0.2, 0) is 13.6 Å². The van der Waals surface area contributed by atoms with Crippen LogP contribution in [0, 0.1) is 20.8 Å². The van der Waals surface area contributed by atoms with Gasteiger partial charge in [0, 0.05) is 25.0 Å². The minimum absolute atomic E-state index is 0.215. The second-order valence-corrected chi connectivity index (χ2v) is 7.00. The number of carbonyl (C=O) groups excluding carboxylic acids is 1. The Labute approximate surface area is 163 Å². The molecule has 0 fully saturated rings. The van der Waals surface area contributed by atoms with E-state index in [0.717, 1.165) is 16.8 Å². The lowest BCUT2D eigenvalue weighted by atomic mass is 10.1. The van der Waals surface area contributed by atoms with Crippen LogP contribution < -0.4 is 5.32 Å². The van der Waals surface area contributed by atoms with Gasteiger partial charge in [0.05, 0.1) is 23.2 Å². The lowest BCUT2D eigenvalue weighted by molar-refractivity contribution is 0.102.